The predicted octanol–water partition coefficient (Wildman–Crippen LogP) is 4.85. The second-order valence-electron chi connectivity index (χ2n) is 8.31. The van der Waals surface area contributed by atoms with E-state index in [1.165, 1.54) is 5.56 Å². The summed E-state index contributed by atoms with van der Waals surface area (Å²) in [6.45, 7) is 11.9. The van der Waals surface area contributed by atoms with Gasteiger partial charge in [-0.15, -0.1) is 0 Å². The van der Waals surface area contributed by atoms with Crippen molar-refractivity contribution in [3.05, 3.63) is 65.4 Å². The molecule has 1 aromatic carbocycles. The Morgan fingerprint density at radius 1 is 1.00 bits per heavy atom. The molecule has 1 aliphatic heterocycles. The zero-order chi connectivity index (χ0) is 19.9. The Morgan fingerprint density at radius 3 is 2.54 bits per heavy atom. The molecule has 3 aromatic rings. The van der Waals surface area contributed by atoms with Crippen molar-refractivity contribution in [3.8, 4) is 16.9 Å². The van der Waals surface area contributed by atoms with Gasteiger partial charge < -0.3 is 9.64 Å². The Hall–Kier alpha value is -2.95. The zero-order valence-corrected chi connectivity index (χ0v) is 17.2. The maximum atomic E-state index is 6.03. The van der Waals surface area contributed by atoms with E-state index in [1.54, 1.807) is 6.33 Å². The lowest BCUT2D eigenvalue weighted by molar-refractivity contribution is 0.131. The Bertz CT molecular complexity index is 998. The number of hydrogen-bond donors (Lipinski definition) is 0. The SMILES string of the molecule is Cc1cc(OC(C)(C)C)ccc1-c1c(C)ncnc1N1Cc2cccnc2C1. The molecule has 28 heavy (non-hydrogen) atoms. The molecule has 5 nitrogen and oxygen atoms in total. The lowest BCUT2D eigenvalue weighted by Gasteiger charge is -2.24. The first kappa shape index (κ1) is 18.4. The summed E-state index contributed by atoms with van der Waals surface area (Å²) < 4.78 is 6.03. The molecule has 0 saturated carbocycles. The minimum atomic E-state index is -0.223. The van der Waals surface area contributed by atoms with E-state index in [1.807, 2.05) is 25.3 Å². The molecule has 3 heterocycles. The summed E-state index contributed by atoms with van der Waals surface area (Å²) in [5.41, 5.74) is 6.50. The van der Waals surface area contributed by atoms with Crippen LogP contribution in [-0.4, -0.2) is 20.6 Å². The van der Waals surface area contributed by atoms with Crippen LogP contribution in [0.25, 0.3) is 11.1 Å². The van der Waals surface area contributed by atoms with Crippen LogP contribution in [0, 0.1) is 13.8 Å². The topological polar surface area (TPSA) is 51.1 Å². The molecule has 0 unspecified atom stereocenters. The summed E-state index contributed by atoms with van der Waals surface area (Å²) in [5, 5.41) is 0. The number of ether oxygens (including phenoxy) is 1. The van der Waals surface area contributed by atoms with E-state index < -0.39 is 0 Å². The molecule has 0 aliphatic carbocycles. The van der Waals surface area contributed by atoms with E-state index in [0.717, 1.165) is 52.7 Å². The van der Waals surface area contributed by atoms with Crippen molar-refractivity contribution in [2.45, 2.75) is 53.3 Å². The van der Waals surface area contributed by atoms with Gasteiger partial charge >= 0.3 is 0 Å². The van der Waals surface area contributed by atoms with Gasteiger partial charge in [-0.2, -0.15) is 0 Å². The number of pyridine rings is 1. The van der Waals surface area contributed by atoms with Crippen LogP contribution in [0.15, 0.2) is 42.9 Å². The highest BCUT2D eigenvalue weighted by Crippen LogP contribution is 2.38. The second kappa shape index (κ2) is 6.89. The fraction of sp³-hybridized carbons (Fsp3) is 0.348. The molecule has 0 bridgehead atoms. The van der Waals surface area contributed by atoms with Gasteiger partial charge in [-0.3, -0.25) is 4.98 Å². The molecule has 2 aromatic heterocycles. The smallest absolute Gasteiger partial charge is 0.140 e. The molecular weight excluding hydrogens is 348 g/mol. The highest BCUT2D eigenvalue weighted by molar-refractivity contribution is 5.80. The molecule has 1 aliphatic rings. The largest absolute Gasteiger partial charge is 0.488 e. The number of benzene rings is 1. The van der Waals surface area contributed by atoms with Crippen LogP contribution in [0.5, 0.6) is 5.75 Å². The maximum absolute atomic E-state index is 6.03. The zero-order valence-electron chi connectivity index (χ0n) is 17.2. The normalized spacial score (nSPS) is 13.5. The van der Waals surface area contributed by atoms with Crippen LogP contribution < -0.4 is 9.64 Å². The van der Waals surface area contributed by atoms with Crippen LogP contribution in [0.3, 0.4) is 0 Å². The van der Waals surface area contributed by atoms with Crippen LogP contribution >= 0.6 is 0 Å². The molecular formula is C23H26N4O. The summed E-state index contributed by atoms with van der Waals surface area (Å²) in [4.78, 5) is 15.9. The summed E-state index contributed by atoms with van der Waals surface area (Å²) in [7, 11) is 0. The van der Waals surface area contributed by atoms with Crippen molar-refractivity contribution in [2.24, 2.45) is 0 Å². The minimum Gasteiger partial charge on any atom is -0.488 e. The Labute approximate surface area is 166 Å². The lowest BCUT2D eigenvalue weighted by Crippen LogP contribution is -2.23. The summed E-state index contributed by atoms with van der Waals surface area (Å²) >= 11 is 0. The molecule has 0 spiro atoms. The van der Waals surface area contributed by atoms with Crippen LogP contribution in [-0.2, 0) is 13.1 Å². The van der Waals surface area contributed by atoms with Crippen molar-refractivity contribution in [2.75, 3.05) is 4.90 Å². The molecule has 144 valence electrons. The third kappa shape index (κ3) is 3.57. The average molecular weight is 374 g/mol. The lowest BCUT2D eigenvalue weighted by atomic mass is 9.99. The molecule has 0 amide bonds. The van der Waals surface area contributed by atoms with Gasteiger partial charge in [0, 0.05) is 18.3 Å². The van der Waals surface area contributed by atoms with Gasteiger partial charge in [0.05, 0.1) is 17.9 Å². The molecule has 4 rings (SSSR count). The van der Waals surface area contributed by atoms with Gasteiger partial charge in [0.25, 0.3) is 0 Å². The first-order valence-corrected chi connectivity index (χ1v) is 9.61. The minimum absolute atomic E-state index is 0.223. The van der Waals surface area contributed by atoms with Crippen LogP contribution in [0.1, 0.15) is 43.3 Å². The van der Waals surface area contributed by atoms with Crippen molar-refractivity contribution in [1.29, 1.82) is 0 Å². The summed E-state index contributed by atoms with van der Waals surface area (Å²) in [6.07, 6.45) is 3.50. The molecule has 0 atom stereocenters. The third-order valence-corrected chi connectivity index (χ3v) is 4.89. The van der Waals surface area contributed by atoms with Crippen molar-refractivity contribution in [1.82, 2.24) is 15.0 Å². The number of anilines is 1. The number of aryl methyl sites for hydroxylation is 2. The summed E-state index contributed by atoms with van der Waals surface area (Å²) in [5.74, 6) is 1.83. The first-order chi connectivity index (χ1) is 13.3. The fourth-order valence-corrected chi connectivity index (χ4v) is 3.70. The predicted molar refractivity (Wildman–Crippen MR) is 111 cm³/mol. The molecule has 0 saturated heterocycles. The van der Waals surface area contributed by atoms with Gasteiger partial charge in [0.1, 0.15) is 23.5 Å². The van der Waals surface area contributed by atoms with Crippen molar-refractivity contribution in [3.63, 3.8) is 0 Å². The van der Waals surface area contributed by atoms with E-state index in [9.17, 15) is 0 Å². The number of aromatic nitrogens is 3. The van der Waals surface area contributed by atoms with E-state index >= 15 is 0 Å². The molecule has 5 heteroatoms. The maximum Gasteiger partial charge on any atom is 0.140 e. The van der Waals surface area contributed by atoms with Gasteiger partial charge in [0.2, 0.25) is 0 Å². The van der Waals surface area contributed by atoms with E-state index in [4.69, 9.17) is 4.74 Å². The molecule has 0 fully saturated rings. The molecule has 0 radical (unpaired) electrons. The van der Waals surface area contributed by atoms with Crippen LogP contribution in [0.4, 0.5) is 5.82 Å². The highest BCUT2D eigenvalue weighted by atomic mass is 16.5. The monoisotopic (exact) mass is 374 g/mol. The van der Waals surface area contributed by atoms with E-state index in [0.29, 0.717) is 0 Å². The number of nitrogens with zero attached hydrogens (tertiary/aromatic N) is 4. The van der Waals surface area contributed by atoms with Crippen molar-refractivity contribution < 1.29 is 4.74 Å². The van der Waals surface area contributed by atoms with Crippen molar-refractivity contribution >= 4 is 5.82 Å². The quantitative estimate of drug-likeness (QED) is 0.656. The first-order valence-electron chi connectivity index (χ1n) is 9.61. The van der Waals surface area contributed by atoms with Gasteiger partial charge in [-0.05, 0) is 69.5 Å². The summed E-state index contributed by atoms with van der Waals surface area (Å²) in [6, 6.07) is 10.4. The van der Waals surface area contributed by atoms with E-state index in [-0.39, 0.29) is 5.60 Å². The standard InChI is InChI=1S/C23H26N4O/c1-15-11-18(28-23(3,4)5)8-9-19(15)21-16(2)25-14-26-22(21)27-12-17-7-6-10-24-20(17)13-27/h6-11,14H,12-13H2,1-5H3. The Balaban J connectivity index is 1.73. The van der Waals surface area contributed by atoms with Gasteiger partial charge in [-0.1, -0.05) is 12.1 Å². The number of hydrogen-bond acceptors (Lipinski definition) is 5. The number of rotatable bonds is 3. The van der Waals surface area contributed by atoms with Gasteiger partial charge in [0.15, 0.2) is 0 Å². The fourth-order valence-electron chi connectivity index (χ4n) is 3.70. The van der Waals surface area contributed by atoms with Gasteiger partial charge in [-0.25, -0.2) is 9.97 Å². The Morgan fingerprint density at radius 2 is 1.82 bits per heavy atom. The third-order valence-electron chi connectivity index (χ3n) is 4.89. The average Bonchev–Trinajstić information content (AvgIpc) is 3.05. The highest BCUT2D eigenvalue weighted by Gasteiger charge is 2.25. The Kier molecular flexibility index (Phi) is 4.53. The van der Waals surface area contributed by atoms with E-state index in [2.05, 4.69) is 65.7 Å². The number of fused-ring (bicyclic) bond motifs is 1. The molecule has 0 N–H and O–H groups in total. The van der Waals surface area contributed by atoms with Crippen LogP contribution in [0.2, 0.25) is 0 Å². The second-order valence-corrected chi connectivity index (χ2v) is 8.31.